The Morgan fingerprint density at radius 3 is 2.61 bits per heavy atom. The zero-order valence-electron chi connectivity index (χ0n) is 10.8. The van der Waals surface area contributed by atoms with E-state index in [9.17, 15) is 9.59 Å². The van der Waals surface area contributed by atoms with Gasteiger partial charge in [0.2, 0.25) is 0 Å². The third-order valence-electron chi connectivity index (χ3n) is 3.99. The first-order valence-corrected chi connectivity index (χ1v) is 6.45. The van der Waals surface area contributed by atoms with Crippen molar-refractivity contribution < 1.29 is 14.7 Å². The minimum Gasteiger partial charge on any atom is -0.481 e. The molecule has 2 heterocycles. The van der Waals surface area contributed by atoms with Crippen molar-refractivity contribution in [1.29, 1.82) is 0 Å². The number of carbonyl (C=O) groups is 2. The molecule has 0 saturated carbocycles. The highest BCUT2D eigenvalue weighted by atomic mass is 16.4. The molecule has 2 unspecified atom stereocenters. The predicted octanol–water partition coefficient (Wildman–Crippen LogP) is 0.326. The lowest BCUT2D eigenvalue weighted by atomic mass is 9.90. The normalized spacial score (nSPS) is 32.7. The molecule has 2 aliphatic heterocycles. The summed E-state index contributed by atoms with van der Waals surface area (Å²) in [5.74, 6) is -0.826. The van der Waals surface area contributed by atoms with E-state index in [-0.39, 0.29) is 12.1 Å². The van der Waals surface area contributed by atoms with Crippen molar-refractivity contribution in [2.75, 3.05) is 26.2 Å². The van der Waals surface area contributed by atoms with Gasteiger partial charge in [0.05, 0.1) is 5.41 Å². The second kappa shape index (κ2) is 4.76. The number of carbonyl (C=O) groups excluding carboxylic acids is 1. The largest absolute Gasteiger partial charge is 0.481 e. The Balaban J connectivity index is 1.97. The third kappa shape index (κ3) is 2.43. The maximum atomic E-state index is 12.3. The average Bonchev–Trinajstić information content (AvgIpc) is 2.72. The number of aliphatic carboxylic acids is 1. The van der Waals surface area contributed by atoms with Crippen LogP contribution in [0.3, 0.4) is 0 Å². The zero-order valence-corrected chi connectivity index (χ0v) is 10.8. The standard InChI is InChI=1S/C12H21N3O3/c1-12(10(16)17)4-6-15(8-12)11(18)14-5-2-3-9(13)7-14/h9H,2-8,13H2,1H3,(H,16,17). The lowest BCUT2D eigenvalue weighted by Crippen LogP contribution is -2.50. The van der Waals surface area contributed by atoms with E-state index < -0.39 is 11.4 Å². The van der Waals surface area contributed by atoms with Crippen molar-refractivity contribution in [3.05, 3.63) is 0 Å². The number of likely N-dealkylation sites (tertiary alicyclic amines) is 2. The van der Waals surface area contributed by atoms with Gasteiger partial charge in [-0.25, -0.2) is 4.79 Å². The number of piperidine rings is 1. The molecular weight excluding hydrogens is 234 g/mol. The smallest absolute Gasteiger partial charge is 0.320 e. The molecule has 6 nitrogen and oxygen atoms in total. The molecule has 6 heteroatoms. The van der Waals surface area contributed by atoms with Gasteiger partial charge in [0.25, 0.3) is 0 Å². The molecule has 2 aliphatic rings. The Kier molecular flexibility index (Phi) is 3.47. The fourth-order valence-corrected chi connectivity index (χ4v) is 2.68. The van der Waals surface area contributed by atoms with Crippen LogP contribution < -0.4 is 5.73 Å². The van der Waals surface area contributed by atoms with Gasteiger partial charge in [-0.15, -0.1) is 0 Å². The Morgan fingerprint density at radius 2 is 2.06 bits per heavy atom. The van der Waals surface area contributed by atoms with E-state index in [2.05, 4.69) is 0 Å². The van der Waals surface area contributed by atoms with Crippen molar-refractivity contribution >= 4 is 12.0 Å². The summed E-state index contributed by atoms with van der Waals surface area (Å²) < 4.78 is 0. The van der Waals surface area contributed by atoms with Crippen molar-refractivity contribution in [1.82, 2.24) is 9.80 Å². The van der Waals surface area contributed by atoms with Gasteiger partial charge in [0, 0.05) is 32.2 Å². The second-order valence-electron chi connectivity index (χ2n) is 5.67. The van der Waals surface area contributed by atoms with Gasteiger partial charge in [0.15, 0.2) is 0 Å². The Hall–Kier alpha value is -1.30. The monoisotopic (exact) mass is 255 g/mol. The number of hydrogen-bond acceptors (Lipinski definition) is 3. The van der Waals surface area contributed by atoms with Gasteiger partial charge >= 0.3 is 12.0 Å². The molecule has 0 aromatic rings. The number of urea groups is 1. The number of rotatable bonds is 1. The number of nitrogens with zero attached hydrogens (tertiary/aromatic N) is 2. The van der Waals surface area contributed by atoms with Crippen LogP contribution in [0.5, 0.6) is 0 Å². The molecule has 102 valence electrons. The summed E-state index contributed by atoms with van der Waals surface area (Å²) in [5.41, 5.74) is 5.06. The molecule has 0 aromatic heterocycles. The predicted molar refractivity (Wildman–Crippen MR) is 66.1 cm³/mol. The summed E-state index contributed by atoms with van der Waals surface area (Å²) in [6, 6.07) is -0.00807. The average molecular weight is 255 g/mol. The third-order valence-corrected chi connectivity index (χ3v) is 3.99. The lowest BCUT2D eigenvalue weighted by Gasteiger charge is -2.34. The van der Waals surface area contributed by atoms with Gasteiger partial charge in [-0.2, -0.15) is 0 Å². The Bertz CT molecular complexity index is 360. The molecule has 2 saturated heterocycles. The van der Waals surface area contributed by atoms with E-state index in [0.717, 1.165) is 19.4 Å². The lowest BCUT2D eigenvalue weighted by molar-refractivity contribution is -0.147. The first kappa shape index (κ1) is 13.1. The first-order chi connectivity index (χ1) is 8.42. The molecule has 0 aliphatic carbocycles. The fraction of sp³-hybridized carbons (Fsp3) is 0.833. The van der Waals surface area contributed by atoms with Crippen LogP contribution in [-0.4, -0.2) is 59.1 Å². The Morgan fingerprint density at radius 1 is 1.33 bits per heavy atom. The summed E-state index contributed by atoms with van der Waals surface area (Å²) in [5, 5.41) is 9.15. The van der Waals surface area contributed by atoms with Gasteiger partial charge in [0.1, 0.15) is 0 Å². The van der Waals surface area contributed by atoms with Gasteiger partial charge in [-0.1, -0.05) is 0 Å². The summed E-state index contributed by atoms with van der Waals surface area (Å²) >= 11 is 0. The van der Waals surface area contributed by atoms with Crippen LogP contribution >= 0.6 is 0 Å². The van der Waals surface area contributed by atoms with Crippen LogP contribution in [0.15, 0.2) is 0 Å². The molecule has 3 N–H and O–H groups in total. The number of carboxylic acids is 1. The van der Waals surface area contributed by atoms with Crippen molar-refractivity contribution in [2.24, 2.45) is 11.1 Å². The summed E-state index contributed by atoms with van der Waals surface area (Å²) in [7, 11) is 0. The molecule has 0 radical (unpaired) electrons. The van der Waals surface area contributed by atoms with Crippen molar-refractivity contribution in [2.45, 2.75) is 32.2 Å². The van der Waals surface area contributed by atoms with E-state index in [1.54, 1.807) is 16.7 Å². The molecule has 0 bridgehead atoms. The van der Waals surface area contributed by atoms with E-state index in [4.69, 9.17) is 10.8 Å². The van der Waals surface area contributed by atoms with E-state index >= 15 is 0 Å². The van der Waals surface area contributed by atoms with E-state index in [1.807, 2.05) is 0 Å². The fourth-order valence-electron chi connectivity index (χ4n) is 2.68. The highest BCUT2D eigenvalue weighted by Crippen LogP contribution is 2.31. The quantitative estimate of drug-likeness (QED) is 0.706. The summed E-state index contributed by atoms with van der Waals surface area (Å²) in [6.07, 6.45) is 2.40. The molecule has 2 fully saturated rings. The second-order valence-corrected chi connectivity index (χ2v) is 5.67. The molecule has 0 spiro atoms. The van der Waals surface area contributed by atoms with Crippen molar-refractivity contribution in [3.63, 3.8) is 0 Å². The van der Waals surface area contributed by atoms with E-state index in [0.29, 0.717) is 26.1 Å². The Labute approximate surface area is 107 Å². The van der Waals surface area contributed by atoms with Gasteiger partial charge in [-0.3, -0.25) is 4.79 Å². The SMILES string of the molecule is CC1(C(=O)O)CCN(C(=O)N2CCCC(N)C2)C1. The van der Waals surface area contributed by atoms with Gasteiger partial charge < -0.3 is 20.6 Å². The van der Waals surface area contributed by atoms with Crippen LogP contribution in [0.4, 0.5) is 4.79 Å². The van der Waals surface area contributed by atoms with E-state index in [1.165, 1.54) is 0 Å². The summed E-state index contributed by atoms with van der Waals surface area (Å²) in [6.45, 7) is 3.83. The minimum absolute atomic E-state index is 0.0520. The van der Waals surface area contributed by atoms with Crippen LogP contribution in [0.25, 0.3) is 0 Å². The molecular formula is C12H21N3O3. The molecule has 2 amide bonds. The minimum atomic E-state index is -0.826. The number of carboxylic acid groups (broad SMARTS) is 1. The number of nitrogens with two attached hydrogens (primary N) is 1. The summed E-state index contributed by atoms with van der Waals surface area (Å²) in [4.78, 5) is 26.8. The first-order valence-electron chi connectivity index (χ1n) is 6.45. The topological polar surface area (TPSA) is 86.9 Å². The van der Waals surface area contributed by atoms with Crippen LogP contribution in [0.2, 0.25) is 0 Å². The zero-order chi connectivity index (χ0) is 13.3. The van der Waals surface area contributed by atoms with Crippen LogP contribution in [0, 0.1) is 5.41 Å². The number of amides is 2. The maximum Gasteiger partial charge on any atom is 0.320 e. The van der Waals surface area contributed by atoms with Crippen LogP contribution in [-0.2, 0) is 4.79 Å². The highest BCUT2D eigenvalue weighted by molar-refractivity contribution is 5.79. The number of hydrogen-bond donors (Lipinski definition) is 2. The van der Waals surface area contributed by atoms with Crippen molar-refractivity contribution in [3.8, 4) is 0 Å². The molecule has 18 heavy (non-hydrogen) atoms. The maximum absolute atomic E-state index is 12.3. The molecule has 2 rings (SSSR count). The van der Waals surface area contributed by atoms with Gasteiger partial charge in [-0.05, 0) is 26.2 Å². The molecule has 0 aromatic carbocycles. The molecule has 2 atom stereocenters. The van der Waals surface area contributed by atoms with Crippen LogP contribution in [0.1, 0.15) is 26.2 Å². The highest BCUT2D eigenvalue weighted by Gasteiger charge is 2.43.